The summed E-state index contributed by atoms with van der Waals surface area (Å²) in [6, 6.07) is 10.6. The predicted octanol–water partition coefficient (Wildman–Crippen LogP) is 2.58. The molecule has 140 valence electrons. The number of nitrogens with zero attached hydrogens (tertiary/aromatic N) is 1. The van der Waals surface area contributed by atoms with E-state index in [0.29, 0.717) is 6.54 Å². The maximum atomic E-state index is 12.3. The maximum Gasteiger partial charge on any atom is 0.234 e. The molecule has 2 aliphatic rings. The normalized spacial score (nSPS) is 19.9. The van der Waals surface area contributed by atoms with Gasteiger partial charge in [0.1, 0.15) is 0 Å². The summed E-state index contributed by atoms with van der Waals surface area (Å²) in [5, 5.41) is 6.42. The lowest BCUT2D eigenvalue weighted by Crippen LogP contribution is -2.43. The third-order valence-electron chi connectivity index (χ3n) is 5.74. The van der Waals surface area contributed by atoms with Crippen molar-refractivity contribution < 1.29 is 4.79 Å². The number of hydrogen-bond acceptors (Lipinski definition) is 3. The van der Waals surface area contributed by atoms with Crippen molar-refractivity contribution in [1.29, 1.82) is 0 Å². The molecule has 1 heterocycles. The summed E-state index contributed by atoms with van der Waals surface area (Å²) >= 11 is 0. The molecule has 0 spiro atoms. The van der Waals surface area contributed by atoms with E-state index in [4.69, 9.17) is 0 Å². The minimum Gasteiger partial charge on any atom is -0.354 e. The SMILES string of the molecule is CNCCC1CCN(CC(=O)NCC2(c3ccccc3)CC2)CC1.Cl. The van der Waals surface area contributed by atoms with Gasteiger partial charge in [-0.15, -0.1) is 12.4 Å². The molecular weight excluding hydrogens is 334 g/mol. The van der Waals surface area contributed by atoms with Gasteiger partial charge in [-0.25, -0.2) is 0 Å². The van der Waals surface area contributed by atoms with Crippen molar-refractivity contribution in [3.63, 3.8) is 0 Å². The third kappa shape index (κ3) is 5.70. The number of carbonyl (C=O) groups is 1. The topological polar surface area (TPSA) is 44.4 Å². The van der Waals surface area contributed by atoms with Crippen LogP contribution in [0.2, 0.25) is 0 Å². The van der Waals surface area contributed by atoms with Gasteiger partial charge in [-0.1, -0.05) is 30.3 Å². The van der Waals surface area contributed by atoms with Crippen LogP contribution in [0.4, 0.5) is 0 Å². The number of nitrogens with one attached hydrogen (secondary N) is 2. The lowest BCUT2D eigenvalue weighted by molar-refractivity contribution is -0.122. The van der Waals surface area contributed by atoms with E-state index in [9.17, 15) is 4.79 Å². The van der Waals surface area contributed by atoms with Gasteiger partial charge in [-0.05, 0) is 70.3 Å². The minimum atomic E-state index is 0. The number of piperidine rings is 1. The van der Waals surface area contributed by atoms with Gasteiger partial charge >= 0.3 is 0 Å². The van der Waals surface area contributed by atoms with E-state index in [1.165, 1.54) is 37.7 Å². The van der Waals surface area contributed by atoms with Crippen molar-refractivity contribution in [3.8, 4) is 0 Å². The number of halogens is 1. The van der Waals surface area contributed by atoms with E-state index in [2.05, 4.69) is 45.9 Å². The zero-order valence-corrected chi connectivity index (χ0v) is 16.1. The molecule has 2 N–H and O–H groups in total. The standard InChI is InChI=1S/C20H31N3O.ClH/c1-21-12-7-17-8-13-23(14-9-17)15-19(24)22-16-20(10-11-20)18-5-3-2-4-6-18;/h2-6,17,21H,7-16H2,1H3,(H,22,24);1H. The van der Waals surface area contributed by atoms with E-state index in [1.807, 2.05) is 7.05 Å². The van der Waals surface area contributed by atoms with Gasteiger partial charge < -0.3 is 10.6 Å². The molecule has 5 heteroatoms. The van der Waals surface area contributed by atoms with Crippen molar-refractivity contribution in [2.75, 3.05) is 39.8 Å². The molecule has 0 radical (unpaired) electrons. The Morgan fingerprint density at radius 3 is 2.48 bits per heavy atom. The zero-order valence-electron chi connectivity index (χ0n) is 15.3. The van der Waals surface area contributed by atoms with Crippen LogP contribution in [0, 0.1) is 5.92 Å². The average Bonchev–Trinajstić information content (AvgIpc) is 3.41. The van der Waals surface area contributed by atoms with Crippen LogP contribution in [0.5, 0.6) is 0 Å². The zero-order chi connectivity index (χ0) is 16.8. The van der Waals surface area contributed by atoms with E-state index < -0.39 is 0 Å². The first-order chi connectivity index (χ1) is 11.7. The quantitative estimate of drug-likeness (QED) is 0.744. The second-order valence-corrected chi connectivity index (χ2v) is 7.53. The molecule has 1 amide bonds. The van der Waals surface area contributed by atoms with Gasteiger partial charge in [0.2, 0.25) is 5.91 Å². The molecule has 4 nitrogen and oxygen atoms in total. The van der Waals surface area contributed by atoms with Crippen molar-refractivity contribution in [1.82, 2.24) is 15.5 Å². The first-order valence-corrected chi connectivity index (χ1v) is 9.41. The van der Waals surface area contributed by atoms with Crippen molar-refractivity contribution >= 4 is 18.3 Å². The Kier molecular flexibility index (Phi) is 7.73. The number of hydrogen-bond donors (Lipinski definition) is 2. The number of rotatable bonds is 8. The first-order valence-electron chi connectivity index (χ1n) is 9.41. The molecule has 1 saturated carbocycles. The Hall–Kier alpha value is -1.10. The fourth-order valence-electron chi connectivity index (χ4n) is 3.82. The fourth-order valence-corrected chi connectivity index (χ4v) is 3.82. The van der Waals surface area contributed by atoms with Crippen LogP contribution in [0.1, 0.15) is 37.7 Å². The van der Waals surface area contributed by atoms with Crippen molar-refractivity contribution in [2.24, 2.45) is 5.92 Å². The maximum absolute atomic E-state index is 12.3. The summed E-state index contributed by atoms with van der Waals surface area (Å²) in [5.41, 5.74) is 1.58. The highest BCUT2D eigenvalue weighted by Gasteiger charge is 2.44. The van der Waals surface area contributed by atoms with Crippen molar-refractivity contribution in [2.45, 2.75) is 37.5 Å². The molecule has 25 heavy (non-hydrogen) atoms. The molecule has 2 fully saturated rings. The van der Waals surface area contributed by atoms with E-state index in [1.54, 1.807) is 0 Å². The molecule has 1 aromatic carbocycles. The Morgan fingerprint density at radius 1 is 1.20 bits per heavy atom. The van der Waals surface area contributed by atoms with E-state index in [0.717, 1.165) is 32.1 Å². The number of amides is 1. The molecule has 1 saturated heterocycles. The third-order valence-corrected chi connectivity index (χ3v) is 5.74. The summed E-state index contributed by atoms with van der Waals surface area (Å²) in [4.78, 5) is 14.6. The largest absolute Gasteiger partial charge is 0.354 e. The van der Waals surface area contributed by atoms with Crippen LogP contribution in [-0.4, -0.2) is 50.6 Å². The fraction of sp³-hybridized carbons (Fsp3) is 0.650. The van der Waals surface area contributed by atoms with Crippen LogP contribution in [-0.2, 0) is 10.2 Å². The number of benzene rings is 1. The molecule has 0 unspecified atom stereocenters. The van der Waals surface area contributed by atoms with Crippen LogP contribution in [0.15, 0.2) is 30.3 Å². The molecule has 3 rings (SSSR count). The highest BCUT2D eigenvalue weighted by Crippen LogP contribution is 2.47. The summed E-state index contributed by atoms with van der Waals surface area (Å²) < 4.78 is 0. The molecule has 0 aromatic heterocycles. The summed E-state index contributed by atoms with van der Waals surface area (Å²) in [5.74, 6) is 1.01. The van der Waals surface area contributed by atoms with Gasteiger partial charge in [0, 0.05) is 12.0 Å². The lowest BCUT2D eigenvalue weighted by Gasteiger charge is -2.31. The molecule has 0 bridgehead atoms. The van der Waals surface area contributed by atoms with Gasteiger partial charge in [0.25, 0.3) is 0 Å². The van der Waals surface area contributed by atoms with Crippen LogP contribution >= 0.6 is 12.4 Å². The average molecular weight is 366 g/mol. The molecule has 1 aliphatic carbocycles. The van der Waals surface area contributed by atoms with Crippen LogP contribution in [0.25, 0.3) is 0 Å². The van der Waals surface area contributed by atoms with Gasteiger partial charge in [-0.2, -0.15) is 0 Å². The molecule has 1 aliphatic heterocycles. The summed E-state index contributed by atoms with van der Waals surface area (Å²) in [7, 11) is 2.02. The summed E-state index contributed by atoms with van der Waals surface area (Å²) in [6.07, 6.45) is 6.09. The number of likely N-dealkylation sites (tertiary alicyclic amines) is 1. The van der Waals surface area contributed by atoms with Crippen LogP contribution in [0.3, 0.4) is 0 Å². The van der Waals surface area contributed by atoms with Gasteiger partial charge in [-0.3, -0.25) is 9.69 Å². The Bertz CT molecular complexity index is 525. The summed E-state index contributed by atoms with van der Waals surface area (Å²) in [6.45, 7) is 4.57. The molecular formula is C20H32ClN3O. The first kappa shape index (κ1) is 20.2. The minimum absolute atomic E-state index is 0. The monoisotopic (exact) mass is 365 g/mol. The Morgan fingerprint density at radius 2 is 1.88 bits per heavy atom. The lowest BCUT2D eigenvalue weighted by atomic mass is 9.93. The highest BCUT2D eigenvalue weighted by molar-refractivity contribution is 5.85. The second kappa shape index (κ2) is 9.56. The predicted molar refractivity (Wildman–Crippen MR) is 105 cm³/mol. The second-order valence-electron chi connectivity index (χ2n) is 7.53. The highest BCUT2D eigenvalue weighted by atomic mass is 35.5. The van der Waals surface area contributed by atoms with E-state index in [-0.39, 0.29) is 23.7 Å². The number of carbonyl (C=O) groups excluding carboxylic acids is 1. The van der Waals surface area contributed by atoms with Gasteiger partial charge in [0.05, 0.1) is 6.54 Å². The van der Waals surface area contributed by atoms with E-state index >= 15 is 0 Å². The van der Waals surface area contributed by atoms with Crippen LogP contribution < -0.4 is 10.6 Å². The van der Waals surface area contributed by atoms with Gasteiger partial charge in [0.15, 0.2) is 0 Å². The Labute approximate surface area is 158 Å². The Balaban J connectivity index is 0.00000225. The molecule has 1 aromatic rings. The van der Waals surface area contributed by atoms with Crippen molar-refractivity contribution in [3.05, 3.63) is 35.9 Å². The molecule has 0 atom stereocenters. The smallest absolute Gasteiger partial charge is 0.234 e.